The van der Waals surface area contributed by atoms with E-state index < -0.39 is 0 Å². The summed E-state index contributed by atoms with van der Waals surface area (Å²) < 4.78 is 16.1. The van der Waals surface area contributed by atoms with Crippen LogP contribution in [0.2, 0.25) is 0 Å². The van der Waals surface area contributed by atoms with Crippen LogP contribution in [-0.4, -0.2) is 19.2 Å². The molecule has 29 heavy (non-hydrogen) atoms. The van der Waals surface area contributed by atoms with Gasteiger partial charge < -0.3 is 13.9 Å². The summed E-state index contributed by atoms with van der Waals surface area (Å²) in [6, 6.07) is 8.84. The number of hydrogen-bond acceptors (Lipinski definition) is 5. The molecular formula is C24H32O5. The molecule has 2 rings (SSSR count). The molecular weight excluding hydrogens is 368 g/mol. The fraction of sp³-hybridized carbons (Fsp3) is 0.500. The van der Waals surface area contributed by atoms with E-state index in [4.69, 9.17) is 13.9 Å². The van der Waals surface area contributed by atoms with Crippen LogP contribution in [0.3, 0.4) is 0 Å². The molecule has 0 atom stereocenters. The molecule has 0 spiro atoms. The third kappa shape index (κ3) is 8.55. The van der Waals surface area contributed by atoms with Crippen molar-refractivity contribution in [3.8, 4) is 5.75 Å². The van der Waals surface area contributed by atoms with Crippen LogP contribution in [-0.2, 0) is 9.53 Å². The van der Waals surface area contributed by atoms with Gasteiger partial charge in [-0.2, -0.15) is 0 Å². The van der Waals surface area contributed by atoms with Crippen molar-refractivity contribution in [2.24, 2.45) is 0 Å². The Balaban J connectivity index is 1.47. The fourth-order valence-electron chi connectivity index (χ4n) is 3.11. The highest BCUT2D eigenvalue weighted by Gasteiger charge is 2.06. The van der Waals surface area contributed by atoms with E-state index in [1.165, 1.54) is 38.2 Å². The Kier molecular flexibility index (Phi) is 10.0. The van der Waals surface area contributed by atoms with Gasteiger partial charge in [0.15, 0.2) is 0 Å². The lowest BCUT2D eigenvalue weighted by molar-refractivity contribution is -0.139. The van der Waals surface area contributed by atoms with E-state index >= 15 is 0 Å². The first-order valence-corrected chi connectivity index (χ1v) is 10.6. The molecule has 1 aromatic heterocycles. The molecule has 5 heteroatoms. The first kappa shape index (κ1) is 22.7. The Morgan fingerprint density at radius 1 is 0.931 bits per heavy atom. The Labute approximate surface area is 172 Å². The molecule has 0 fully saturated rings. The predicted molar refractivity (Wildman–Crippen MR) is 115 cm³/mol. The number of rotatable bonds is 14. The van der Waals surface area contributed by atoms with E-state index in [2.05, 4.69) is 6.58 Å². The molecule has 1 heterocycles. The Morgan fingerprint density at radius 3 is 2.17 bits per heavy atom. The van der Waals surface area contributed by atoms with E-state index in [-0.39, 0.29) is 11.6 Å². The van der Waals surface area contributed by atoms with Crippen LogP contribution in [0.15, 0.2) is 51.7 Å². The van der Waals surface area contributed by atoms with Crippen LogP contribution >= 0.6 is 0 Å². The number of hydrogen-bond donors (Lipinski definition) is 0. The van der Waals surface area contributed by atoms with Crippen molar-refractivity contribution in [1.82, 2.24) is 0 Å². The summed E-state index contributed by atoms with van der Waals surface area (Å²) in [5.41, 5.74) is 0.634. The third-order valence-electron chi connectivity index (χ3n) is 4.74. The molecule has 5 nitrogen and oxygen atoms in total. The molecule has 0 unspecified atom stereocenters. The van der Waals surface area contributed by atoms with Gasteiger partial charge in [-0.3, -0.25) is 0 Å². The number of esters is 1. The molecule has 0 saturated heterocycles. The Hall–Kier alpha value is -2.56. The third-order valence-corrected chi connectivity index (χ3v) is 4.74. The number of benzene rings is 1. The molecule has 0 bridgehead atoms. The van der Waals surface area contributed by atoms with E-state index in [9.17, 15) is 9.59 Å². The van der Waals surface area contributed by atoms with E-state index in [1.807, 2.05) is 18.2 Å². The predicted octanol–water partition coefficient (Wildman–Crippen LogP) is 5.80. The van der Waals surface area contributed by atoms with Crippen LogP contribution in [0.5, 0.6) is 5.75 Å². The normalized spacial score (nSPS) is 10.8. The van der Waals surface area contributed by atoms with E-state index in [1.54, 1.807) is 13.0 Å². The first-order valence-electron chi connectivity index (χ1n) is 10.6. The minimum absolute atomic E-state index is 0.294. The summed E-state index contributed by atoms with van der Waals surface area (Å²) in [5, 5.41) is 0.835. The minimum atomic E-state index is -0.382. The second-order valence-electron chi connectivity index (χ2n) is 7.37. The number of unbranched alkanes of at least 4 members (excludes halogenated alkanes) is 8. The summed E-state index contributed by atoms with van der Waals surface area (Å²) >= 11 is 0. The molecule has 0 aliphatic carbocycles. The molecule has 0 radical (unpaired) electrons. The second kappa shape index (κ2) is 12.8. The molecule has 0 N–H and O–H groups in total. The summed E-state index contributed by atoms with van der Waals surface area (Å²) in [6.07, 6.45) is 10.2. The van der Waals surface area contributed by atoms with Gasteiger partial charge in [0.2, 0.25) is 0 Å². The van der Waals surface area contributed by atoms with Crippen molar-refractivity contribution < 1.29 is 18.7 Å². The summed E-state index contributed by atoms with van der Waals surface area (Å²) in [6.45, 7) is 6.32. The molecule has 0 saturated carbocycles. The average molecular weight is 401 g/mol. The summed E-state index contributed by atoms with van der Waals surface area (Å²) in [4.78, 5) is 22.8. The number of carbonyl (C=O) groups is 1. The Morgan fingerprint density at radius 2 is 1.52 bits per heavy atom. The van der Waals surface area contributed by atoms with Gasteiger partial charge in [0.05, 0.1) is 24.7 Å². The SMILES string of the molecule is C=C(C)C(=O)OCCCCCCCCCCCOc1cc(=O)oc2ccccc12. The van der Waals surface area contributed by atoms with Gasteiger partial charge in [0.25, 0.3) is 0 Å². The largest absolute Gasteiger partial charge is 0.493 e. The van der Waals surface area contributed by atoms with Crippen molar-refractivity contribution in [3.63, 3.8) is 0 Å². The zero-order valence-electron chi connectivity index (χ0n) is 17.4. The molecule has 0 aliphatic rings. The van der Waals surface area contributed by atoms with Crippen LogP contribution in [0.1, 0.15) is 64.7 Å². The highest BCUT2D eigenvalue weighted by Crippen LogP contribution is 2.23. The van der Waals surface area contributed by atoms with Crippen molar-refractivity contribution in [2.75, 3.05) is 13.2 Å². The average Bonchev–Trinajstić information content (AvgIpc) is 2.70. The Bertz CT molecular complexity index is 837. The zero-order valence-corrected chi connectivity index (χ0v) is 17.4. The van der Waals surface area contributed by atoms with Gasteiger partial charge in [-0.15, -0.1) is 0 Å². The number of carbonyl (C=O) groups excluding carboxylic acids is 1. The quantitative estimate of drug-likeness (QED) is 0.173. The lowest BCUT2D eigenvalue weighted by atomic mass is 10.1. The first-order chi connectivity index (χ1) is 14.1. The number of ether oxygens (including phenoxy) is 2. The van der Waals surface area contributed by atoms with Crippen LogP contribution in [0.4, 0.5) is 0 Å². The molecule has 2 aromatic rings. The molecule has 0 aliphatic heterocycles. The summed E-state index contributed by atoms with van der Waals surface area (Å²) in [5.74, 6) is 0.309. The highest BCUT2D eigenvalue weighted by molar-refractivity contribution is 5.86. The van der Waals surface area contributed by atoms with Gasteiger partial charge in [0.1, 0.15) is 11.3 Å². The standard InChI is InChI=1S/C24H32O5/c1-19(2)24(26)28-17-13-9-7-5-3-4-6-8-12-16-27-22-18-23(25)29-21-15-11-10-14-20(21)22/h10-11,14-15,18H,1,3-9,12-13,16-17H2,2H3. The number of fused-ring (bicyclic) bond motifs is 1. The highest BCUT2D eigenvalue weighted by atomic mass is 16.5. The maximum atomic E-state index is 11.6. The van der Waals surface area contributed by atoms with Crippen LogP contribution < -0.4 is 10.4 Å². The zero-order chi connectivity index (χ0) is 20.9. The fourth-order valence-corrected chi connectivity index (χ4v) is 3.11. The van der Waals surface area contributed by atoms with Crippen molar-refractivity contribution >= 4 is 16.9 Å². The lowest BCUT2D eigenvalue weighted by Gasteiger charge is -2.08. The molecule has 0 amide bonds. The van der Waals surface area contributed by atoms with Crippen LogP contribution in [0, 0.1) is 0 Å². The van der Waals surface area contributed by atoms with Crippen molar-refractivity contribution in [1.29, 1.82) is 0 Å². The smallest absolute Gasteiger partial charge is 0.339 e. The number of para-hydroxylation sites is 1. The minimum Gasteiger partial charge on any atom is -0.493 e. The van der Waals surface area contributed by atoms with E-state index in [0.717, 1.165) is 31.1 Å². The van der Waals surface area contributed by atoms with Gasteiger partial charge in [0, 0.05) is 5.57 Å². The van der Waals surface area contributed by atoms with Crippen LogP contribution in [0.25, 0.3) is 11.0 Å². The maximum absolute atomic E-state index is 11.6. The monoisotopic (exact) mass is 400 g/mol. The van der Waals surface area contributed by atoms with Crippen molar-refractivity contribution in [2.45, 2.75) is 64.7 Å². The van der Waals surface area contributed by atoms with Gasteiger partial charge >= 0.3 is 11.6 Å². The van der Waals surface area contributed by atoms with Crippen molar-refractivity contribution in [3.05, 3.63) is 52.9 Å². The second-order valence-corrected chi connectivity index (χ2v) is 7.37. The maximum Gasteiger partial charge on any atom is 0.339 e. The van der Waals surface area contributed by atoms with Gasteiger partial charge in [-0.1, -0.05) is 63.7 Å². The van der Waals surface area contributed by atoms with Gasteiger partial charge in [-0.25, -0.2) is 9.59 Å². The molecule has 158 valence electrons. The van der Waals surface area contributed by atoms with E-state index in [0.29, 0.717) is 30.1 Å². The van der Waals surface area contributed by atoms with Gasteiger partial charge in [-0.05, 0) is 31.9 Å². The lowest BCUT2D eigenvalue weighted by Crippen LogP contribution is -2.05. The molecule has 1 aromatic carbocycles. The summed E-state index contributed by atoms with van der Waals surface area (Å²) in [7, 11) is 0. The topological polar surface area (TPSA) is 65.7 Å².